The van der Waals surface area contributed by atoms with E-state index in [2.05, 4.69) is 15.6 Å². The van der Waals surface area contributed by atoms with Crippen molar-refractivity contribution < 1.29 is 14.7 Å². The van der Waals surface area contributed by atoms with Gasteiger partial charge in [-0.2, -0.15) is 0 Å². The number of thiazole rings is 1. The number of hydrogen-bond donors (Lipinski definition) is 3. The van der Waals surface area contributed by atoms with Gasteiger partial charge in [0.15, 0.2) is 5.13 Å². The average Bonchev–Trinajstić information content (AvgIpc) is 2.72. The van der Waals surface area contributed by atoms with E-state index in [-0.39, 0.29) is 18.4 Å². The molecule has 1 unspecified atom stereocenters. The highest BCUT2D eigenvalue weighted by Crippen LogP contribution is 2.14. The fraction of sp³-hybridized carbons (Fsp3) is 0.583. The van der Waals surface area contributed by atoms with Gasteiger partial charge in [-0.25, -0.2) is 9.78 Å². The van der Waals surface area contributed by atoms with Crippen molar-refractivity contribution in [3.63, 3.8) is 0 Å². The lowest BCUT2D eigenvalue weighted by Crippen LogP contribution is -2.30. The van der Waals surface area contributed by atoms with Crippen LogP contribution in [0.15, 0.2) is 5.38 Å². The summed E-state index contributed by atoms with van der Waals surface area (Å²) in [4.78, 5) is 26.0. The van der Waals surface area contributed by atoms with E-state index in [1.54, 1.807) is 0 Å². The summed E-state index contributed by atoms with van der Waals surface area (Å²) in [7, 11) is 0. The van der Waals surface area contributed by atoms with Gasteiger partial charge in [-0.1, -0.05) is 6.92 Å². The molecule has 106 valence electrons. The number of carboxylic acid groups (broad SMARTS) is 1. The Morgan fingerprint density at radius 3 is 2.79 bits per heavy atom. The van der Waals surface area contributed by atoms with Crippen molar-refractivity contribution in [2.45, 2.75) is 33.1 Å². The minimum Gasteiger partial charge on any atom is -0.481 e. The minimum atomic E-state index is -0.781. The second-order valence-corrected chi connectivity index (χ2v) is 5.36. The number of anilines is 1. The standard InChI is InChI=1S/C12H19N3O3S/c1-8(3-4-10(16)17)5-6-13-11(18)15-12-14-9(2)7-19-12/h7-8H,3-6H2,1-2H3,(H,16,17)(H2,13,14,15,18). The lowest BCUT2D eigenvalue weighted by atomic mass is 10.0. The number of urea groups is 1. The summed E-state index contributed by atoms with van der Waals surface area (Å²) in [5, 5.41) is 16.4. The molecular formula is C12H19N3O3S. The van der Waals surface area contributed by atoms with Crippen LogP contribution in [-0.4, -0.2) is 28.6 Å². The largest absolute Gasteiger partial charge is 0.481 e. The van der Waals surface area contributed by atoms with Crippen molar-refractivity contribution >= 4 is 28.5 Å². The second kappa shape index (κ2) is 7.73. The number of carbonyl (C=O) groups is 2. The summed E-state index contributed by atoms with van der Waals surface area (Å²) < 4.78 is 0. The molecule has 1 atom stereocenters. The van der Waals surface area contributed by atoms with Crippen LogP contribution < -0.4 is 10.6 Å². The van der Waals surface area contributed by atoms with E-state index in [1.165, 1.54) is 11.3 Å². The third-order valence-electron chi connectivity index (χ3n) is 2.61. The zero-order chi connectivity index (χ0) is 14.3. The first-order chi connectivity index (χ1) is 8.97. The van der Waals surface area contributed by atoms with E-state index < -0.39 is 5.97 Å². The molecule has 0 fully saturated rings. The Labute approximate surface area is 116 Å². The SMILES string of the molecule is Cc1csc(NC(=O)NCCC(C)CCC(=O)O)n1. The molecule has 0 saturated carbocycles. The van der Waals surface area contributed by atoms with Crippen LogP contribution in [0.1, 0.15) is 31.9 Å². The highest BCUT2D eigenvalue weighted by molar-refractivity contribution is 7.13. The van der Waals surface area contributed by atoms with Gasteiger partial charge in [0.25, 0.3) is 0 Å². The zero-order valence-electron chi connectivity index (χ0n) is 11.1. The Hall–Kier alpha value is -1.63. The summed E-state index contributed by atoms with van der Waals surface area (Å²) >= 11 is 1.38. The number of amides is 2. The summed E-state index contributed by atoms with van der Waals surface area (Å²) in [6.07, 6.45) is 1.56. The fourth-order valence-electron chi connectivity index (χ4n) is 1.50. The number of rotatable bonds is 7. The molecule has 0 saturated heterocycles. The molecule has 3 N–H and O–H groups in total. The zero-order valence-corrected chi connectivity index (χ0v) is 11.9. The normalized spacial score (nSPS) is 11.9. The molecule has 7 heteroatoms. The molecule has 1 rings (SSSR count). The van der Waals surface area contributed by atoms with Crippen molar-refractivity contribution in [1.29, 1.82) is 0 Å². The van der Waals surface area contributed by atoms with Gasteiger partial charge in [0.2, 0.25) is 0 Å². The van der Waals surface area contributed by atoms with E-state index in [0.29, 0.717) is 18.1 Å². The molecule has 0 radical (unpaired) electrons. The van der Waals surface area contributed by atoms with Crippen molar-refractivity contribution in [2.24, 2.45) is 5.92 Å². The Bertz CT molecular complexity index is 434. The predicted molar refractivity (Wildman–Crippen MR) is 74.5 cm³/mol. The van der Waals surface area contributed by atoms with Gasteiger partial charge in [0, 0.05) is 18.3 Å². The van der Waals surface area contributed by atoms with Crippen molar-refractivity contribution in [2.75, 3.05) is 11.9 Å². The lowest BCUT2D eigenvalue weighted by molar-refractivity contribution is -0.137. The van der Waals surface area contributed by atoms with Crippen molar-refractivity contribution in [3.8, 4) is 0 Å². The molecule has 0 bridgehead atoms. The lowest BCUT2D eigenvalue weighted by Gasteiger charge is -2.10. The van der Waals surface area contributed by atoms with E-state index >= 15 is 0 Å². The van der Waals surface area contributed by atoms with Gasteiger partial charge in [-0.05, 0) is 25.7 Å². The molecular weight excluding hydrogens is 266 g/mol. The van der Waals surface area contributed by atoms with Crippen LogP contribution in [-0.2, 0) is 4.79 Å². The van der Waals surface area contributed by atoms with E-state index in [4.69, 9.17) is 5.11 Å². The topological polar surface area (TPSA) is 91.3 Å². The van der Waals surface area contributed by atoms with Crippen LogP contribution in [0.25, 0.3) is 0 Å². The van der Waals surface area contributed by atoms with Crippen LogP contribution in [0.2, 0.25) is 0 Å². The molecule has 0 aliphatic rings. The number of aryl methyl sites for hydroxylation is 1. The molecule has 19 heavy (non-hydrogen) atoms. The van der Waals surface area contributed by atoms with E-state index in [0.717, 1.165) is 12.1 Å². The number of nitrogens with one attached hydrogen (secondary N) is 2. The Kier molecular flexibility index (Phi) is 6.27. The van der Waals surface area contributed by atoms with Gasteiger partial charge < -0.3 is 10.4 Å². The second-order valence-electron chi connectivity index (χ2n) is 4.50. The molecule has 1 aromatic heterocycles. The van der Waals surface area contributed by atoms with Crippen LogP contribution >= 0.6 is 11.3 Å². The van der Waals surface area contributed by atoms with Gasteiger partial charge in [0.1, 0.15) is 0 Å². The monoisotopic (exact) mass is 285 g/mol. The molecule has 0 aliphatic carbocycles. The number of aromatic nitrogens is 1. The van der Waals surface area contributed by atoms with Crippen molar-refractivity contribution in [1.82, 2.24) is 10.3 Å². The minimum absolute atomic E-state index is 0.172. The number of hydrogen-bond acceptors (Lipinski definition) is 4. The summed E-state index contributed by atoms with van der Waals surface area (Å²) in [6, 6.07) is -0.278. The first-order valence-corrected chi connectivity index (χ1v) is 7.04. The molecule has 1 heterocycles. The molecule has 6 nitrogen and oxygen atoms in total. The van der Waals surface area contributed by atoms with E-state index in [9.17, 15) is 9.59 Å². The smallest absolute Gasteiger partial charge is 0.321 e. The first kappa shape index (κ1) is 15.4. The molecule has 1 aromatic rings. The Morgan fingerprint density at radius 1 is 1.47 bits per heavy atom. The average molecular weight is 285 g/mol. The maximum absolute atomic E-state index is 11.5. The Morgan fingerprint density at radius 2 is 2.21 bits per heavy atom. The molecule has 0 aliphatic heterocycles. The number of carboxylic acids is 1. The van der Waals surface area contributed by atoms with Gasteiger partial charge in [0.05, 0.1) is 5.69 Å². The van der Waals surface area contributed by atoms with Crippen LogP contribution in [0.3, 0.4) is 0 Å². The van der Waals surface area contributed by atoms with Crippen LogP contribution in [0.4, 0.5) is 9.93 Å². The third-order valence-corrected chi connectivity index (χ3v) is 3.49. The van der Waals surface area contributed by atoms with Gasteiger partial charge >= 0.3 is 12.0 Å². The summed E-state index contributed by atoms with van der Waals surface area (Å²) in [5.41, 5.74) is 0.877. The molecule has 2 amide bonds. The third kappa shape index (κ3) is 6.76. The summed E-state index contributed by atoms with van der Waals surface area (Å²) in [5.74, 6) is -0.504. The predicted octanol–water partition coefficient (Wildman–Crippen LogP) is 2.46. The number of carbonyl (C=O) groups excluding carboxylic acids is 1. The summed E-state index contributed by atoms with van der Waals surface area (Å²) in [6.45, 7) is 4.37. The number of nitrogens with zero attached hydrogens (tertiary/aromatic N) is 1. The first-order valence-electron chi connectivity index (χ1n) is 6.16. The van der Waals surface area contributed by atoms with Crippen molar-refractivity contribution in [3.05, 3.63) is 11.1 Å². The quantitative estimate of drug-likeness (QED) is 0.717. The maximum atomic E-state index is 11.5. The van der Waals surface area contributed by atoms with E-state index in [1.807, 2.05) is 19.2 Å². The molecule has 0 aromatic carbocycles. The Balaban J connectivity index is 2.15. The fourth-order valence-corrected chi connectivity index (χ4v) is 2.18. The van der Waals surface area contributed by atoms with Gasteiger partial charge in [-0.15, -0.1) is 11.3 Å². The number of aliphatic carboxylic acids is 1. The molecule has 0 spiro atoms. The van der Waals surface area contributed by atoms with Crippen LogP contribution in [0.5, 0.6) is 0 Å². The van der Waals surface area contributed by atoms with Crippen LogP contribution in [0, 0.1) is 12.8 Å². The van der Waals surface area contributed by atoms with Gasteiger partial charge in [-0.3, -0.25) is 10.1 Å². The maximum Gasteiger partial charge on any atom is 0.321 e. The highest BCUT2D eigenvalue weighted by atomic mass is 32.1. The highest BCUT2D eigenvalue weighted by Gasteiger charge is 2.07.